The normalized spacial score (nSPS) is 30.4. The second-order valence-electron chi connectivity index (χ2n) is 4.75. The maximum absolute atomic E-state index is 8.15. The summed E-state index contributed by atoms with van der Waals surface area (Å²) in [5.41, 5.74) is 7.66. The van der Waals surface area contributed by atoms with Crippen molar-refractivity contribution in [2.75, 3.05) is 13.1 Å². The number of nitrogens with two attached hydrogens (primary N) is 1. The Bertz CT molecular complexity index is 270. The molecule has 14 heavy (non-hydrogen) atoms. The summed E-state index contributed by atoms with van der Waals surface area (Å²) in [6.45, 7) is 4.22. The molecule has 1 aliphatic carbocycles. The Hall–Kier alpha value is -0.830. The standard InChI is InChI=1S/C11H19N3/c1-11(3-4-11)10(13)9(6-12)8-2-5-14-7-8/h6,8,13-14H,2-5,7,12H2,1H3/b9-6-,13-10?. The first-order chi connectivity index (χ1) is 6.67. The first kappa shape index (κ1) is 9.71. The van der Waals surface area contributed by atoms with E-state index in [-0.39, 0.29) is 5.41 Å². The molecule has 0 aromatic heterocycles. The van der Waals surface area contributed by atoms with E-state index in [2.05, 4.69) is 12.2 Å². The van der Waals surface area contributed by atoms with Crippen molar-refractivity contribution >= 4 is 5.71 Å². The van der Waals surface area contributed by atoms with Crippen molar-refractivity contribution in [1.29, 1.82) is 5.41 Å². The van der Waals surface area contributed by atoms with Crippen molar-refractivity contribution in [3.8, 4) is 0 Å². The largest absolute Gasteiger partial charge is 0.404 e. The van der Waals surface area contributed by atoms with Gasteiger partial charge >= 0.3 is 0 Å². The molecule has 2 aliphatic rings. The summed E-state index contributed by atoms with van der Waals surface area (Å²) < 4.78 is 0. The minimum atomic E-state index is 0.147. The highest BCUT2D eigenvalue weighted by Gasteiger charge is 2.44. The van der Waals surface area contributed by atoms with Gasteiger partial charge < -0.3 is 16.5 Å². The van der Waals surface area contributed by atoms with Crippen LogP contribution in [0.15, 0.2) is 11.8 Å². The van der Waals surface area contributed by atoms with Gasteiger partial charge in [-0.2, -0.15) is 0 Å². The maximum atomic E-state index is 8.15. The molecule has 1 saturated heterocycles. The molecule has 3 nitrogen and oxygen atoms in total. The van der Waals surface area contributed by atoms with Crippen molar-refractivity contribution in [3.05, 3.63) is 11.8 Å². The van der Waals surface area contributed by atoms with Crippen molar-refractivity contribution in [3.63, 3.8) is 0 Å². The molecule has 4 N–H and O–H groups in total. The summed E-state index contributed by atoms with van der Waals surface area (Å²) in [7, 11) is 0. The monoisotopic (exact) mass is 193 g/mol. The Morgan fingerprint density at radius 2 is 2.29 bits per heavy atom. The molecule has 0 spiro atoms. The van der Waals surface area contributed by atoms with Crippen LogP contribution in [0, 0.1) is 16.7 Å². The summed E-state index contributed by atoms with van der Waals surface area (Å²) in [6.07, 6.45) is 5.09. The van der Waals surface area contributed by atoms with Crippen LogP contribution in [0.25, 0.3) is 0 Å². The highest BCUT2D eigenvalue weighted by Crippen LogP contribution is 2.48. The van der Waals surface area contributed by atoms with Gasteiger partial charge in [-0.05, 0) is 37.6 Å². The molecule has 2 rings (SSSR count). The van der Waals surface area contributed by atoms with Crippen LogP contribution in [0.2, 0.25) is 0 Å². The Balaban J connectivity index is 2.09. The molecule has 3 heteroatoms. The highest BCUT2D eigenvalue weighted by molar-refractivity contribution is 6.03. The third-order valence-electron chi connectivity index (χ3n) is 3.57. The number of hydrogen-bond acceptors (Lipinski definition) is 3. The lowest BCUT2D eigenvalue weighted by Crippen LogP contribution is -2.22. The molecule has 1 unspecified atom stereocenters. The maximum Gasteiger partial charge on any atom is 0.0422 e. The molecule has 0 aromatic rings. The molecule has 1 saturated carbocycles. The molecule has 0 amide bonds. The second-order valence-corrected chi connectivity index (χ2v) is 4.75. The predicted molar refractivity (Wildman–Crippen MR) is 58.3 cm³/mol. The summed E-state index contributed by atoms with van der Waals surface area (Å²) in [4.78, 5) is 0. The van der Waals surface area contributed by atoms with E-state index in [0.29, 0.717) is 5.92 Å². The van der Waals surface area contributed by atoms with Gasteiger partial charge in [0.1, 0.15) is 0 Å². The average Bonchev–Trinajstić information content (AvgIpc) is 2.73. The zero-order chi connectivity index (χ0) is 10.2. The molecule has 1 aliphatic heterocycles. The lowest BCUT2D eigenvalue weighted by molar-refractivity contribution is 0.680. The minimum Gasteiger partial charge on any atom is -0.404 e. The smallest absolute Gasteiger partial charge is 0.0422 e. The van der Waals surface area contributed by atoms with Gasteiger partial charge in [-0.3, -0.25) is 0 Å². The van der Waals surface area contributed by atoms with E-state index >= 15 is 0 Å². The Morgan fingerprint density at radius 1 is 1.57 bits per heavy atom. The third-order valence-corrected chi connectivity index (χ3v) is 3.57. The van der Waals surface area contributed by atoms with Gasteiger partial charge in [-0.25, -0.2) is 0 Å². The van der Waals surface area contributed by atoms with Crippen LogP contribution in [-0.4, -0.2) is 18.8 Å². The molecule has 2 fully saturated rings. The summed E-state index contributed by atoms with van der Waals surface area (Å²) in [5.74, 6) is 0.477. The average molecular weight is 193 g/mol. The number of rotatable bonds is 3. The molecular weight excluding hydrogens is 174 g/mol. The van der Waals surface area contributed by atoms with Crippen LogP contribution in [0.1, 0.15) is 26.2 Å². The lowest BCUT2D eigenvalue weighted by atomic mass is 9.87. The van der Waals surface area contributed by atoms with Crippen molar-refractivity contribution in [2.24, 2.45) is 17.1 Å². The molecule has 0 bridgehead atoms. The van der Waals surface area contributed by atoms with Gasteiger partial charge in [0.05, 0.1) is 0 Å². The van der Waals surface area contributed by atoms with E-state index in [1.165, 1.54) is 0 Å². The Labute approximate surface area is 85.3 Å². The predicted octanol–water partition coefficient (Wildman–Crippen LogP) is 1.26. The third kappa shape index (κ3) is 1.57. The molecule has 0 aromatic carbocycles. The van der Waals surface area contributed by atoms with Crippen molar-refractivity contribution < 1.29 is 0 Å². The van der Waals surface area contributed by atoms with E-state index in [0.717, 1.165) is 43.6 Å². The van der Waals surface area contributed by atoms with Gasteiger partial charge in [-0.1, -0.05) is 6.92 Å². The zero-order valence-corrected chi connectivity index (χ0v) is 8.77. The molecular formula is C11H19N3. The lowest BCUT2D eigenvalue weighted by Gasteiger charge is -2.18. The van der Waals surface area contributed by atoms with Crippen LogP contribution in [0.3, 0.4) is 0 Å². The van der Waals surface area contributed by atoms with Gasteiger partial charge in [0.2, 0.25) is 0 Å². The first-order valence-corrected chi connectivity index (χ1v) is 5.39. The van der Waals surface area contributed by atoms with Crippen LogP contribution < -0.4 is 11.1 Å². The van der Waals surface area contributed by atoms with Crippen molar-refractivity contribution in [1.82, 2.24) is 5.32 Å². The van der Waals surface area contributed by atoms with E-state index in [9.17, 15) is 0 Å². The van der Waals surface area contributed by atoms with Crippen LogP contribution >= 0.6 is 0 Å². The fraction of sp³-hybridized carbons (Fsp3) is 0.727. The van der Waals surface area contributed by atoms with E-state index in [1.54, 1.807) is 6.20 Å². The first-order valence-electron chi connectivity index (χ1n) is 5.39. The van der Waals surface area contributed by atoms with Crippen LogP contribution in [-0.2, 0) is 0 Å². The fourth-order valence-corrected chi connectivity index (χ4v) is 2.13. The SMILES string of the molecule is CC1(C(=N)/C(=C\N)C2CCNC2)CC1. The number of nitrogens with one attached hydrogen (secondary N) is 2. The van der Waals surface area contributed by atoms with Crippen LogP contribution in [0.5, 0.6) is 0 Å². The highest BCUT2D eigenvalue weighted by atomic mass is 14.9. The van der Waals surface area contributed by atoms with Crippen molar-refractivity contribution in [2.45, 2.75) is 26.2 Å². The van der Waals surface area contributed by atoms with Gasteiger partial charge in [0, 0.05) is 23.6 Å². The van der Waals surface area contributed by atoms with E-state index in [4.69, 9.17) is 11.1 Å². The molecule has 78 valence electrons. The summed E-state index contributed by atoms with van der Waals surface area (Å²) >= 11 is 0. The van der Waals surface area contributed by atoms with E-state index in [1.807, 2.05) is 0 Å². The molecule has 1 heterocycles. The summed E-state index contributed by atoms with van der Waals surface area (Å²) in [6, 6.07) is 0. The van der Waals surface area contributed by atoms with Gasteiger partial charge in [0.25, 0.3) is 0 Å². The van der Waals surface area contributed by atoms with Crippen LogP contribution in [0.4, 0.5) is 0 Å². The molecule has 0 radical (unpaired) electrons. The number of hydrogen-bond donors (Lipinski definition) is 3. The summed E-state index contributed by atoms with van der Waals surface area (Å²) in [5, 5.41) is 11.5. The Kier molecular flexibility index (Phi) is 2.35. The fourth-order valence-electron chi connectivity index (χ4n) is 2.13. The van der Waals surface area contributed by atoms with Gasteiger partial charge in [-0.15, -0.1) is 0 Å². The second kappa shape index (κ2) is 3.39. The Morgan fingerprint density at radius 3 is 2.71 bits per heavy atom. The van der Waals surface area contributed by atoms with E-state index < -0.39 is 0 Å². The topological polar surface area (TPSA) is 61.9 Å². The zero-order valence-electron chi connectivity index (χ0n) is 8.77. The minimum absolute atomic E-state index is 0.147. The molecule has 1 atom stereocenters. The van der Waals surface area contributed by atoms with Gasteiger partial charge in [0.15, 0.2) is 0 Å². The quantitative estimate of drug-likeness (QED) is 0.591.